The van der Waals surface area contributed by atoms with Crippen molar-refractivity contribution in [1.82, 2.24) is 0 Å². The first-order valence-corrected chi connectivity index (χ1v) is 10.6. The van der Waals surface area contributed by atoms with Gasteiger partial charge >= 0.3 is 0 Å². The average molecular weight is 427 g/mol. The highest BCUT2D eigenvalue weighted by atomic mass is 35.5. The van der Waals surface area contributed by atoms with Crippen LogP contribution in [-0.4, -0.2) is 20.9 Å². The summed E-state index contributed by atoms with van der Waals surface area (Å²) < 4.78 is 27.8. The largest absolute Gasteiger partial charge is 0.322 e. The molecule has 0 atom stereocenters. The molecular formula is C22H19ClN2O3S. The minimum absolute atomic E-state index is 0.0363. The van der Waals surface area contributed by atoms with Crippen LogP contribution in [-0.2, 0) is 10.0 Å². The van der Waals surface area contributed by atoms with Gasteiger partial charge in [-0.05, 0) is 42.5 Å². The number of para-hydroxylation sites is 2. The zero-order valence-electron chi connectivity index (χ0n) is 15.5. The van der Waals surface area contributed by atoms with E-state index in [1.807, 2.05) is 6.07 Å². The third-order valence-electron chi connectivity index (χ3n) is 4.14. The topological polar surface area (TPSA) is 66.5 Å². The predicted molar refractivity (Wildman–Crippen MR) is 117 cm³/mol. The second kappa shape index (κ2) is 8.94. The number of nitrogens with zero attached hydrogens (tertiary/aromatic N) is 1. The van der Waals surface area contributed by atoms with Gasteiger partial charge in [-0.3, -0.25) is 9.10 Å². The molecule has 148 valence electrons. The SMILES string of the molecule is C=CCN(c1ccccc1)S(=O)(=O)c1ccc(Cl)c(C(=O)Nc2ccccc2)c1. The van der Waals surface area contributed by atoms with E-state index < -0.39 is 15.9 Å². The van der Waals surface area contributed by atoms with E-state index in [4.69, 9.17) is 11.6 Å². The molecule has 0 saturated heterocycles. The number of halogens is 1. The van der Waals surface area contributed by atoms with Gasteiger partial charge < -0.3 is 5.32 Å². The van der Waals surface area contributed by atoms with Gasteiger partial charge in [0.15, 0.2) is 0 Å². The van der Waals surface area contributed by atoms with Crippen molar-refractivity contribution in [2.45, 2.75) is 4.90 Å². The van der Waals surface area contributed by atoms with Gasteiger partial charge in [0.1, 0.15) is 0 Å². The van der Waals surface area contributed by atoms with Gasteiger partial charge in [-0.15, -0.1) is 6.58 Å². The van der Waals surface area contributed by atoms with E-state index in [1.54, 1.807) is 54.6 Å². The molecule has 0 saturated carbocycles. The molecule has 0 aromatic heterocycles. The number of amides is 1. The van der Waals surface area contributed by atoms with Crippen LogP contribution < -0.4 is 9.62 Å². The predicted octanol–water partition coefficient (Wildman–Crippen LogP) is 4.97. The summed E-state index contributed by atoms with van der Waals surface area (Å²) in [6, 6.07) is 21.6. The van der Waals surface area contributed by atoms with Gasteiger partial charge in [-0.1, -0.05) is 54.1 Å². The Labute approximate surface area is 175 Å². The van der Waals surface area contributed by atoms with E-state index in [-0.39, 0.29) is 22.0 Å². The van der Waals surface area contributed by atoms with E-state index in [0.29, 0.717) is 11.4 Å². The molecule has 0 aliphatic rings. The molecule has 1 N–H and O–H groups in total. The Morgan fingerprint density at radius 1 is 1.00 bits per heavy atom. The maximum atomic E-state index is 13.3. The van der Waals surface area contributed by atoms with Crippen molar-refractivity contribution in [3.05, 3.63) is 102 Å². The molecule has 0 bridgehead atoms. The summed E-state index contributed by atoms with van der Waals surface area (Å²) in [5.41, 5.74) is 1.15. The second-order valence-electron chi connectivity index (χ2n) is 6.12. The Balaban J connectivity index is 1.98. The maximum Gasteiger partial charge on any atom is 0.264 e. The van der Waals surface area contributed by atoms with Crippen LogP contribution in [0.1, 0.15) is 10.4 Å². The summed E-state index contributed by atoms with van der Waals surface area (Å²) in [7, 11) is -3.94. The number of hydrogen-bond donors (Lipinski definition) is 1. The highest BCUT2D eigenvalue weighted by Gasteiger charge is 2.26. The molecule has 0 aliphatic carbocycles. The molecule has 1 amide bonds. The first-order valence-electron chi connectivity index (χ1n) is 8.78. The smallest absolute Gasteiger partial charge is 0.264 e. The fraction of sp³-hybridized carbons (Fsp3) is 0.0455. The minimum atomic E-state index is -3.94. The van der Waals surface area contributed by atoms with Crippen LogP contribution in [0.25, 0.3) is 0 Å². The lowest BCUT2D eigenvalue weighted by Gasteiger charge is -2.23. The van der Waals surface area contributed by atoms with Crippen LogP contribution in [0.2, 0.25) is 5.02 Å². The van der Waals surface area contributed by atoms with Gasteiger partial charge in [0, 0.05) is 5.69 Å². The van der Waals surface area contributed by atoms with Crippen LogP contribution in [0.15, 0.2) is 96.4 Å². The standard InChI is InChI=1S/C22H19ClN2O3S/c1-2-15-25(18-11-7-4-8-12-18)29(27,28)19-13-14-21(23)20(16-19)22(26)24-17-9-5-3-6-10-17/h2-14,16H,1,15H2,(H,24,26). The lowest BCUT2D eigenvalue weighted by atomic mass is 10.2. The van der Waals surface area contributed by atoms with E-state index in [2.05, 4.69) is 11.9 Å². The van der Waals surface area contributed by atoms with Crippen molar-refractivity contribution < 1.29 is 13.2 Å². The zero-order valence-corrected chi connectivity index (χ0v) is 17.0. The minimum Gasteiger partial charge on any atom is -0.322 e. The number of benzene rings is 3. The number of anilines is 2. The third-order valence-corrected chi connectivity index (χ3v) is 6.26. The van der Waals surface area contributed by atoms with Crippen LogP contribution in [0.5, 0.6) is 0 Å². The summed E-state index contributed by atoms with van der Waals surface area (Å²) in [6.07, 6.45) is 1.50. The Morgan fingerprint density at radius 2 is 1.62 bits per heavy atom. The molecule has 0 unspecified atom stereocenters. The van der Waals surface area contributed by atoms with Crippen molar-refractivity contribution in [2.24, 2.45) is 0 Å². The fourth-order valence-corrected chi connectivity index (χ4v) is 4.41. The third kappa shape index (κ3) is 4.67. The molecule has 3 rings (SSSR count). The van der Waals surface area contributed by atoms with Crippen LogP contribution in [0.3, 0.4) is 0 Å². The molecule has 0 fully saturated rings. The van der Waals surface area contributed by atoms with Gasteiger partial charge in [-0.25, -0.2) is 8.42 Å². The number of carbonyl (C=O) groups excluding carboxylic acids is 1. The van der Waals surface area contributed by atoms with Crippen molar-refractivity contribution in [2.75, 3.05) is 16.2 Å². The zero-order chi connectivity index (χ0) is 20.9. The first kappa shape index (κ1) is 20.6. The molecule has 5 nitrogen and oxygen atoms in total. The lowest BCUT2D eigenvalue weighted by Crippen LogP contribution is -2.31. The van der Waals surface area contributed by atoms with Crippen LogP contribution in [0.4, 0.5) is 11.4 Å². The van der Waals surface area contributed by atoms with Gasteiger partial charge in [0.2, 0.25) is 0 Å². The number of carbonyl (C=O) groups is 1. The van der Waals surface area contributed by atoms with Gasteiger partial charge in [0.25, 0.3) is 15.9 Å². The number of rotatable bonds is 7. The van der Waals surface area contributed by atoms with Crippen molar-refractivity contribution in [1.29, 1.82) is 0 Å². The fourth-order valence-electron chi connectivity index (χ4n) is 2.74. The Bertz CT molecular complexity index is 1120. The monoisotopic (exact) mass is 426 g/mol. The maximum absolute atomic E-state index is 13.3. The van der Waals surface area contributed by atoms with Crippen molar-refractivity contribution in [3.63, 3.8) is 0 Å². The molecule has 3 aromatic rings. The summed E-state index contributed by atoms with van der Waals surface area (Å²) >= 11 is 6.18. The molecule has 0 aliphatic heterocycles. The Kier molecular flexibility index (Phi) is 6.36. The molecule has 7 heteroatoms. The quantitative estimate of drug-likeness (QED) is 0.542. The number of sulfonamides is 1. The van der Waals surface area contributed by atoms with E-state index in [9.17, 15) is 13.2 Å². The molecular weight excluding hydrogens is 408 g/mol. The van der Waals surface area contributed by atoms with Crippen molar-refractivity contribution >= 4 is 38.9 Å². The summed E-state index contributed by atoms with van der Waals surface area (Å²) in [5, 5.41) is 2.88. The normalized spacial score (nSPS) is 10.9. The summed E-state index contributed by atoms with van der Waals surface area (Å²) in [4.78, 5) is 12.6. The summed E-state index contributed by atoms with van der Waals surface area (Å²) in [6.45, 7) is 3.73. The number of nitrogens with one attached hydrogen (secondary N) is 1. The molecule has 0 radical (unpaired) electrons. The lowest BCUT2D eigenvalue weighted by molar-refractivity contribution is 0.102. The molecule has 0 heterocycles. The van der Waals surface area contributed by atoms with Crippen LogP contribution >= 0.6 is 11.6 Å². The second-order valence-corrected chi connectivity index (χ2v) is 8.39. The van der Waals surface area contributed by atoms with Crippen LogP contribution in [0, 0.1) is 0 Å². The molecule has 0 spiro atoms. The molecule has 29 heavy (non-hydrogen) atoms. The van der Waals surface area contributed by atoms with Gasteiger partial charge in [-0.2, -0.15) is 0 Å². The average Bonchev–Trinajstić information content (AvgIpc) is 2.73. The highest BCUT2D eigenvalue weighted by molar-refractivity contribution is 7.92. The Morgan fingerprint density at radius 3 is 2.24 bits per heavy atom. The van der Waals surface area contributed by atoms with E-state index >= 15 is 0 Å². The number of hydrogen-bond acceptors (Lipinski definition) is 3. The van der Waals surface area contributed by atoms with E-state index in [0.717, 1.165) is 0 Å². The first-order chi connectivity index (χ1) is 13.9. The van der Waals surface area contributed by atoms with Gasteiger partial charge in [0.05, 0.1) is 27.7 Å². The highest BCUT2D eigenvalue weighted by Crippen LogP contribution is 2.27. The van der Waals surface area contributed by atoms with E-state index in [1.165, 1.54) is 28.6 Å². The molecule has 3 aromatic carbocycles. The Hall–Kier alpha value is -3.09. The van der Waals surface area contributed by atoms with Crippen molar-refractivity contribution in [3.8, 4) is 0 Å². The summed E-state index contributed by atoms with van der Waals surface area (Å²) in [5.74, 6) is -0.492.